The number of hydrogen-bond donors (Lipinski definition) is 2. The molecule has 2 N–H and O–H groups in total. The summed E-state index contributed by atoms with van der Waals surface area (Å²) in [7, 11) is -1.44. The van der Waals surface area contributed by atoms with E-state index in [-0.39, 0.29) is 0 Å². The first-order valence-electron chi connectivity index (χ1n) is 7.62. The van der Waals surface area contributed by atoms with Crippen molar-refractivity contribution in [3.05, 3.63) is 53.6 Å². The molecule has 0 fully saturated rings. The Kier molecular flexibility index (Phi) is 6.97. The molecule has 0 unspecified atom stereocenters. The molecule has 0 aliphatic carbocycles. The molecule has 0 radical (unpaired) electrons. The normalized spacial score (nSPS) is 10.8. The van der Waals surface area contributed by atoms with Gasteiger partial charge in [-0.1, -0.05) is 53.6 Å². The Morgan fingerprint density at radius 2 is 1.45 bits per heavy atom. The van der Waals surface area contributed by atoms with Crippen molar-refractivity contribution in [3.8, 4) is 11.1 Å². The van der Waals surface area contributed by atoms with Crippen molar-refractivity contribution in [2.75, 3.05) is 0 Å². The molecule has 0 aromatic heterocycles. The predicted octanol–water partition coefficient (Wildman–Crippen LogP) is 3.02. The molecule has 0 bridgehead atoms. The van der Waals surface area contributed by atoms with Crippen LogP contribution in [0.25, 0.3) is 11.1 Å². The maximum absolute atomic E-state index is 9.49. The average molecular weight is 290 g/mol. The summed E-state index contributed by atoms with van der Waals surface area (Å²) in [6, 6.07) is 13.7. The minimum atomic E-state index is -1.44. The van der Waals surface area contributed by atoms with Crippen LogP contribution in [-0.4, -0.2) is 34.9 Å². The van der Waals surface area contributed by atoms with Gasteiger partial charge in [-0.2, -0.15) is 0 Å². The molecule has 22 heavy (non-hydrogen) atoms. The van der Waals surface area contributed by atoms with Crippen molar-refractivity contribution < 1.29 is 10.0 Å². The zero-order chi connectivity index (χ0) is 16.9. The molecule has 2 nitrogen and oxygen atoms in total. The zero-order valence-corrected chi connectivity index (χ0v) is 14.5. The Bertz CT molecular complexity index is 598. The molecule has 0 saturated heterocycles. The van der Waals surface area contributed by atoms with Gasteiger partial charge in [-0.25, -0.2) is 0 Å². The van der Waals surface area contributed by atoms with Crippen LogP contribution >= 0.6 is 0 Å². The Balaban J connectivity index is 0.000000422. The van der Waals surface area contributed by atoms with Gasteiger partial charge in [0, 0.05) is 0 Å². The van der Waals surface area contributed by atoms with Crippen molar-refractivity contribution in [3.63, 3.8) is 0 Å². The zero-order valence-electron chi connectivity index (χ0n) is 14.5. The summed E-state index contributed by atoms with van der Waals surface area (Å²) >= 11 is 2.19. The van der Waals surface area contributed by atoms with Crippen LogP contribution in [0, 0.1) is 13.8 Å². The van der Waals surface area contributed by atoms with Gasteiger partial charge in [0.25, 0.3) is 0 Å². The van der Waals surface area contributed by atoms with Crippen LogP contribution in [0.15, 0.2) is 42.5 Å². The van der Waals surface area contributed by atoms with E-state index in [2.05, 4.69) is 38.5 Å². The van der Waals surface area contributed by atoms with E-state index in [0.717, 1.165) is 22.3 Å². The predicted molar refractivity (Wildman–Crippen MR) is 96.6 cm³/mol. The molecule has 2 rings (SSSR count). The van der Waals surface area contributed by atoms with E-state index in [1.54, 1.807) is 0 Å². The summed E-state index contributed by atoms with van der Waals surface area (Å²) in [5.74, 6) is 0. The van der Waals surface area contributed by atoms with Crippen molar-refractivity contribution in [2.45, 2.75) is 38.7 Å². The quantitative estimate of drug-likeness (QED) is 0.835. The SMILES string of the molecule is Cc1cc(C)c(B(O)O)c(-c2ccccc2)c1.[Li][C](C)(C)C. The standard InChI is InChI=1S/C14H15BO2.C4H9.Li/c1-10-8-11(2)14(15(16)17)13(9-10)12-6-4-3-5-7-12;1-4(2)3;/h3-9,16-17H,1-2H3;1-3H3;. The van der Waals surface area contributed by atoms with Gasteiger partial charge in [-0.3, -0.25) is 0 Å². The molecule has 2 aromatic carbocycles. The average Bonchev–Trinajstić information content (AvgIpc) is 2.36. The minimum absolute atomic E-state index is 0.500. The molecule has 0 atom stereocenters. The van der Waals surface area contributed by atoms with Gasteiger partial charge in [0.05, 0.1) is 0 Å². The molecule has 0 aliphatic heterocycles. The maximum atomic E-state index is 9.49. The molecule has 0 saturated carbocycles. The molecular weight excluding hydrogens is 266 g/mol. The first-order valence-corrected chi connectivity index (χ1v) is 7.62. The third kappa shape index (κ3) is 6.42. The van der Waals surface area contributed by atoms with E-state index in [9.17, 15) is 10.0 Å². The first-order chi connectivity index (χ1) is 10.1. The Morgan fingerprint density at radius 1 is 0.955 bits per heavy atom. The second-order valence-electron chi connectivity index (χ2n) is 7.28. The van der Waals surface area contributed by atoms with Crippen molar-refractivity contribution in [1.29, 1.82) is 0 Å². The van der Waals surface area contributed by atoms with Gasteiger partial charge in [-0.05, 0) is 30.4 Å². The summed E-state index contributed by atoms with van der Waals surface area (Å²) in [6.07, 6.45) is 0. The van der Waals surface area contributed by atoms with Crippen LogP contribution in [0.5, 0.6) is 0 Å². The number of rotatable bonds is 2. The third-order valence-corrected chi connectivity index (χ3v) is 2.87. The topological polar surface area (TPSA) is 40.5 Å². The van der Waals surface area contributed by atoms with E-state index >= 15 is 0 Å². The summed E-state index contributed by atoms with van der Waals surface area (Å²) < 4.78 is 0.500. The summed E-state index contributed by atoms with van der Waals surface area (Å²) in [5.41, 5.74) is 4.49. The second-order valence-corrected chi connectivity index (χ2v) is 7.28. The fourth-order valence-corrected chi connectivity index (χ4v) is 2.18. The molecule has 0 spiro atoms. The van der Waals surface area contributed by atoms with Crippen LogP contribution in [0.3, 0.4) is 0 Å². The van der Waals surface area contributed by atoms with Gasteiger partial charge in [-0.15, -0.1) is 0 Å². The molecule has 112 valence electrons. The molecule has 0 amide bonds. The second kappa shape index (κ2) is 8.04. The van der Waals surface area contributed by atoms with Gasteiger partial charge in [0.2, 0.25) is 0 Å². The third-order valence-electron chi connectivity index (χ3n) is 2.87. The number of hydrogen-bond acceptors (Lipinski definition) is 2. The number of benzene rings is 2. The monoisotopic (exact) mass is 290 g/mol. The van der Waals surface area contributed by atoms with Crippen molar-refractivity contribution in [2.24, 2.45) is 0 Å². The summed E-state index contributed by atoms with van der Waals surface area (Å²) in [6.45, 7) is 10.5. The molecule has 0 heterocycles. The van der Waals surface area contributed by atoms with Crippen molar-refractivity contribution >= 4 is 30.3 Å². The van der Waals surface area contributed by atoms with Gasteiger partial charge in [0.15, 0.2) is 0 Å². The number of aryl methyl sites for hydroxylation is 2. The molecule has 0 aliphatic rings. The van der Waals surface area contributed by atoms with Crippen LogP contribution in [-0.2, 0) is 0 Å². The Labute approximate surface area is 143 Å². The fraction of sp³-hybridized carbons (Fsp3) is 0.333. The molecular formula is C18H24BLiO2. The van der Waals surface area contributed by atoms with Crippen molar-refractivity contribution in [1.82, 2.24) is 0 Å². The molecule has 4 heteroatoms. The van der Waals surface area contributed by atoms with E-state index in [0.29, 0.717) is 9.55 Å². The Hall–Kier alpha value is -0.978. The van der Waals surface area contributed by atoms with E-state index in [1.165, 1.54) is 0 Å². The fourth-order valence-electron chi connectivity index (χ4n) is 2.18. The summed E-state index contributed by atoms with van der Waals surface area (Å²) in [5, 5.41) is 19.0. The van der Waals surface area contributed by atoms with Crippen LogP contribution in [0.4, 0.5) is 0 Å². The molecule has 2 aromatic rings. The Morgan fingerprint density at radius 3 is 1.91 bits per heavy atom. The van der Waals surface area contributed by atoms with E-state index in [1.807, 2.05) is 56.3 Å². The summed E-state index contributed by atoms with van der Waals surface area (Å²) in [4.78, 5) is 0. The van der Waals surface area contributed by atoms with Crippen LogP contribution in [0.2, 0.25) is 4.09 Å². The van der Waals surface area contributed by atoms with E-state index in [4.69, 9.17) is 0 Å². The first kappa shape index (κ1) is 19.1. The van der Waals surface area contributed by atoms with Crippen LogP contribution in [0.1, 0.15) is 31.9 Å². The van der Waals surface area contributed by atoms with E-state index < -0.39 is 7.12 Å². The van der Waals surface area contributed by atoms with Gasteiger partial charge >= 0.3 is 49.7 Å². The van der Waals surface area contributed by atoms with Crippen LogP contribution < -0.4 is 5.46 Å². The van der Waals surface area contributed by atoms with Gasteiger partial charge < -0.3 is 10.0 Å². The van der Waals surface area contributed by atoms with Gasteiger partial charge in [0.1, 0.15) is 0 Å².